The highest BCUT2D eigenvalue weighted by molar-refractivity contribution is 7.71. The molecule has 0 saturated heterocycles. The predicted molar refractivity (Wildman–Crippen MR) is 75.1 cm³/mol. The number of H-pyrrole nitrogens is 1. The van der Waals surface area contributed by atoms with Crippen LogP contribution in [0.1, 0.15) is 5.69 Å². The highest BCUT2D eigenvalue weighted by atomic mass is 32.1. The van der Waals surface area contributed by atoms with Gasteiger partial charge in [-0.1, -0.05) is 0 Å². The molecule has 0 amide bonds. The molecule has 0 unspecified atom stereocenters. The number of aromatic amines is 1. The number of nitrogens with zero attached hydrogens (tertiary/aromatic N) is 2. The fourth-order valence-electron chi connectivity index (χ4n) is 1.87. The minimum Gasteiger partial charge on any atom is -0.323 e. The van der Waals surface area contributed by atoms with Crippen molar-refractivity contribution in [2.45, 2.75) is 6.92 Å². The lowest BCUT2D eigenvalue weighted by molar-refractivity contribution is 0.918. The van der Waals surface area contributed by atoms with Crippen molar-refractivity contribution in [3.8, 4) is 5.69 Å². The van der Waals surface area contributed by atoms with Crippen LogP contribution in [0.4, 0.5) is 0 Å². The molecule has 1 N–H and O–H groups in total. The average molecular weight is 275 g/mol. The third-order valence-corrected chi connectivity index (χ3v) is 3.86. The van der Waals surface area contributed by atoms with Crippen LogP contribution in [0.2, 0.25) is 0 Å². The van der Waals surface area contributed by atoms with Crippen LogP contribution < -0.4 is 5.56 Å². The molecule has 0 atom stereocenters. The Morgan fingerprint density at radius 3 is 3.06 bits per heavy atom. The molecule has 0 fully saturated rings. The summed E-state index contributed by atoms with van der Waals surface area (Å²) in [6.07, 6.45) is 1.69. The molecule has 18 heavy (non-hydrogen) atoms. The van der Waals surface area contributed by atoms with E-state index in [1.54, 1.807) is 18.3 Å². The predicted octanol–water partition coefficient (Wildman–Crippen LogP) is 2.81. The maximum Gasteiger partial charge on any atom is 0.267 e. The number of pyridine rings is 1. The molecule has 3 aromatic heterocycles. The lowest BCUT2D eigenvalue weighted by atomic mass is 10.3. The summed E-state index contributed by atoms with van der Waals surface area (Å²) in [4.78, 5) is 20.5. The first-order valence-electron chi connectivity index (χ1n) is 5.33. The number of hydrogen-bond acceptors (Lipinski definition) is 4. The SMILES string of the molecule is Cc1ncccc1-n1c(=S)[nH]c2sccc2c1=O. The van der Waals surface area contributed by atoms with Gasteiger partial charge in [0.2, 0.25) is 0 Å². The van der Waals surface area contributed by atoms with E-state index in [2.05, 4.69) is 9.97 Å². The third-order valence-electron chi connectivity index (χ3n) is 2.74. The number of thiophene rings is 1. The molecule has 0 aliphatic rings. The standard InChI is InChI=1S/C12H9N3OS2/c1-7-9(3-2-5-13-7)15-11(16)8-4-6-18-10(8)14-12(15)17/h2-6H,1H3,(H,14,17). The number of fused-ring (bicyclic) bond motifs is 1. The molecule has 6 heteroatoms. The van der Waals surface area contributed by atoms with Crippen molar-refractivity contribution in [2.75, 3.05) is 0 Å². The molecule has 0 aliphatic carbocycles. The summed E-state index contributed by atoms with van der Waals surface area (Å²) in [6.45, 7) is 1.86. The van der Waals surface area contributed by atoms with E-state index in [0.29, 0.717) is 10.2 Å². The van der Waals surface area contributed by atoms with Crippen molar-refractivity contribution in [1.82, 2.24) is 14.5 Å². The van der Waals surface area contributed by atoms with Crippen molar-refractivity contribution in [3.63, 3.8) is 0 Å². The maximum absolute atomic E-state index is 12.4. The fourth-order valence-corrected chi connectivity index (χ4v) is 3.00. The van der Waals surface area contributed by atoms with Crippen LogP contribution >= 0.6 is 23.6 Å². The van der Waals surface area contributed by atoms with Crippen molar-refractivity contribution < 1.29 is 0 Å². The molecule has 0 saturated carbocycles. The topological polar surface area (TPSA) is 50.7 Å². The average Bonchev–Trinajstić information content (AvgIpc) is 2.79. The number of hydrogen-bond donors (Lipinski definition) is 1. The Labute approximate surface area is 112 Å². The van der Waals surface area contributed by atoms with E-state index in [4.69, 9.17) is 12.2 Å². The number of aromatic nitrogens is 3. The second-order valence-electron chi connectivity index (χ2n) is 3.84. The lowest BCUT2D eigenvalue weighted by Gasteiger charge is -2.08. The molecule has 0 spiro atoms. The summed E-state index contributed by atoms with van der Waals surface area (Å²) in [6, 6.07) is 5.43. The third kappa shape index (κ3) is 1.61. The maximum atomic E-state index is 12.4. The van der Waals surface area contributed by atoms with Crippen molar-refractivity contribution in [2.24, 2.45) is 0 Å². The molecule has 0 radical (unpaired) electrons. The first-order valence-corrected chi connectivity index (χ1v) is 6.62. The molecule has 0 aromatic carbocycles. The van der Waals surface area contributed by atoms with Crippen LogP contribution in [0, 0.1) is 11.7 Å². The van der Waals surface area contributed by atoms with Gasteiger partial charge in [0, 0.05) is 6.20 Å². The molecule has 0 bridgehead atoms. The Hall–Kier alpha value is -1.79. The highest BCUT2D eigenvalue weighted by Gasteiger charge is 2.10. The molecule has 3 aromatic rings. The van der Waals surface area contributed by atoms with Gasteiger partial charge >= 0.3 is 0 Å². The van der Waals surface area contributed by atoms with Gasteiger partial charge in [-0.25, -0.2) is 0 Å². The minimum absolute atomic E-state index is 0.105. The van der Waals surface area contributed by atoms with Gasteiger partial charge in [0.15, 0.2) is 4.77 Å². The molecular weight excluding hydrogens is 266 g/mol. The van der Waals surface area contributed by atoms with Crippen LogP contribution in [0.25, 0.3) is 15.9 Å². The Morgan fingerprint density at radius 1 is 1.44 bits per heavy atom. The van der Waals surface area contributed by atoms with Crippen molar-refractivity contribution in [3.05, 3.63) is 50.6 Å². The van der Waals surface area contributed by atoms with Gasteiger partial charge in [0.1, 0.15) is 4.83 Å². The smallest absolute Gasteiger partial charge is 0.267 e. The second kappa shape index (κ2) is 4.15. The Bertz CT molecular complexity index is 844. The molecule has 0 aliphatic heterocycles. The monoisotopic (exact) mass is 275 g/mol. The van der Waals surface area contributed by atoms with Gasteiger partial charge in [-0.2, -0.15) is 0 Å². The van der Waals surface area contributed by atoms with E-state index in [1.807, 2.05) is 18.4 Å². The molecule has 3 heterocycles. The molecule has 3 rings (SSSR count). The summed E-state index contributed by atoms with van der Waals surface area (Å²) >= 11 is 6.73. The van der Waals surface area contributed by atoms with Crippen LogP contribution in [-0.2, 0) is 0 Å². The first-order chi connectivity index (χ1) is 8.68. The highest BCUT2D eigenvalue weighted by Crippen LogP contribution is 2.16. The van der Waals surface area contributed by atoms with E-state index in [0.717, 1.165) is 16.2 Å². The molecule has 90 valence electrons. The van der Waals surface area contributed by atoms with Gasteiger partial charge < -0.3 is 4.98 Å². The summed E-state index contributed by atoms with van der Waals surface area (Å²) in [5.74, 6) is 0. The zero-order valence-corrected chi connectivity index (χ0v) is 11.1. The van der Waals surface area contributed by atoms with Crippen LogP contribution in [0.5, 0.6) is 0 Å². The van der Waals surface area contributed by atoms with E-state index < -0.39 is 0 Å². The first kappa shape index (κ1) is 11.3. The zero-order valence-electron chi connectivity index (χ0n) is 9.51. The van der Waals surface area contributed by atoms with Gasteiger partial charge in [-0.05, 0) is 42.7 Å². The summed E-state index contributed by atoms with van der Waals surface area (Å²) < 4.78 is 1.89. The number of aryl methyl sites for hydroxylation is 1. The van der Waals surface area contributed by atoms with Gasteiger partial charge in [0.05, 0.1) is 16.8 Å². The summed E-state index contributed by atoms with van der Waals surface area (Å²) in [5, 5.41) is 2.52. The van der Waals surface area contributed by atoms with Crippen molar-refractivity contribution in [1.29, 1.82) is 0 Å². The van der Waals surface area contributed by atoms with E-state index in [9.17, 15) is 4.79 Å². The summed E-state index contributed by atoms with van der Waals surface area (Å²) in [5.41, 5.74) is 1.39. The summed E-state index contributed by atoms with van der Waals surface area (Å²) in [7, 11) is 0. The Balaban J connectivity index is 2.47. The lowest BCUT2D eigenvalue weighted by Crippen LogP contribution is -2.20. The van der Waals surface area contributed by atoms with Gasteiger partial charge in [0.25, 0.3) is 5.56 Å². The second-order valence-corrected chi connectivity index (χ2v) is 5.14. The van der Waals surface area contributed by atoms with E-state index in [-0.39, 0.29) is 5.56 Å². The Morgan fingerprint density at radius 2 is 2.28 bits per heavy atom. The largest absolute Gasteiger partial charge is 0.323 e. The van der Waals surface area contributed by atoms with Crippen LogP contribution in [0.3, 0.4) is 0 Å². The van der Waals surface area contributed by atoms with Crippen LogP contribution in [-0.4, -0.2) is 14.5 Å². The number of rotatable bonds is 1. The number of nitrogens with one attached hydrogen (secondary N) is 1. The van der Waals surface area contributed by atoms with Crippen LogP contribution in [0.15, 0.2) is 34.6 Å². The minimum atomic E-state index is -0.105. The van der Waals surface area contributed by atoms with Crippen molar-refractivity contribution >= 4 is 33.8 Å². The normalized spacial score (nSPS) is 10.9. The fraction of sp³-hybridized carbons (Fsp3) is 0.0833. The Kier molecular flexibility index (Phi) is 2.61. The van der Waals surface area contributed by atoms with Gasteiger partial charge in [-0.15, -0.1) is 11.3 Å². The zero-order chi connectivity index (χ0) is 12.7. The molecular formula is C12H9N3OS2. The quantitative estimate of drug-likeness (QED) is 0.695. The molecule has 4 nitrogen and oxygen atoms in total. The van der Waals surface area contributed by atoms with Gasteiger partial charge in [-0.3, -0.25) is 14.3 Å². The van der Waals surface area contributed by atoms with E-state index >= 15 is 0 Å². The van der Waals surface area contributed by atoms with E-state index in [1.165, 1.54) is 15.9 Å².